The minimum Gasteiger partial charge on any atom is -0.483 e. The summed E-state index contributed by atoms with van der Waals surface area (Å²) in [6.45, 7) is 0.144. The van der Waals surface area contributed by atoms with Crippen LogP contribution in [-0.4, -0.2) is 45.9 Å². The van der Waals surface area contributed by atoms with Gasteiger partial charge in [-0.3, -0.25) is 9.59 Å². The topological polar surface area (TPSA) is 75.3 Å². The maximum absolute atomic E-state index is 12.6. The van der Waals surface area contributed by atoms with Gasteiger partial charge in [0.2, 0.25) is 0 Å². The number of thioether (sulfide) groups is 2. The average Bonchev–Trinajstić information content (AvgIpc) is 3.27. The minimum atomic E-state index is -0.205. The summed E-state index contributed by atoms with van der Waals surface area (Å²) in [4.78, 5) is 33.5. The van der Waals surface area contributed by atoms with Gasteiger partial charge in [-0.05, 0) is 18.2 Å². The lowest BCUT2D eigenvalue weighted by Gasteiger charge is -2.19. The van der Waals surface area contributed by atoms with Crippen molar-refractivity contribution in [2.45, 2.75) is 11.1 Å². The molecule has 1 aliphatic rings. The summed E-state index contributed by atoms with van der Waals surface area (Å²) in [5.41, 5.74) is 1.53. The van der Waals surface area contributed by atoms with E-state index >= 15 is 0 Å². The van der Waals surface area contributed by atoms with Crippen molar-refractivity contribution in [1.82, 2.24) is 14.9 Å². The van der Waals surface area contributed by atoms with Crippen LogP contribution < -0.4 is 10.3 Å². The van der Waals surface area contributed by atoms with Crippen LogP contribution in [0.5, 0.6) is 5.75 Å². The number of hydrogen-bond donors (Lipinski definition) is 1. The Morgan fingerprint density at radius 1 is 1.17 bits per heavy atom. The Morgan fingerprint density at radius 3 is 2.72 bits per heavy atom. The number of ether oxygens (including phenoxy) is 1. The van der Waals surface area contributed by atoms with E-state index in [2.05, 4.69) is 16.0 Å². The molecule has 0 spiro atoms. The van der Waals surface area contributed by atoms with Crippen LogP contribution in [0.4, 0.5) is 0 Å². The molecule has 4 rings (SSSR count). The van der Waals surface area contributed by atoms with E-state index in [1.54, 1.807) is 25.2 Å². The van der Waals surface area contributed by atoms with Crippen molar-refractivity contribution < 1.29 is 9.53 Å². The van der Waals surface area contributed by atoms with Gasteiger partial charge in [0.15, 0.2) is 6.61 Å². The summed E-state index contributed by atoms with van der Waals surface area (Å²) >= 11 is 3.80. The van der Waals surface area contributed by atoms with Crippen molar-refractivity contribution in [3.63, 3.8) is 0 Å². The van der Waals surface area contributed by atoms with Gasteiger partial charge in [0.1, 0.15) is 11.6 Å². The standard InChI is InChI=1S/C21H21N3O3S2/c1-24(12-18-22-16-8-4-2-6-14(16)20(26)23-18)19(25)13-27-17-9-5-3-7-15(17)21-28-10-11-29-21/h2-9,21H,10-13H2,1H3,(H,22,23,26). The number of aromatic amines is 1. The van der Waals surface area contributed by atoms with E-state index in [1.807, 2.05) is 47.8 Å². The zero-order valence-corrected chi connectivity index (χ0v) is 17.6. The molecule has 0 atom stereocenters. The van der Waals surface area contributed by atoms with Gasteiger partial charge in [-0.15, -0.1) is 23.5 Å². The van der Waals surface area contributed by atoms with E-state index in [0.29, 0.717) is 21.3 Å². The molecule has 0 unspecified atom stereocenters. The van der Waals surface area contributed by atoms with Gasteiger partial charge in [-0.1, -0.05) is 30.3 Å². The van der Waals surface area contributed by atoms with E-state index in [1.165, 1.54) is 4.90 Å². The first-order chi connectivity index (χ1) is 14.1. The van der Waals surface area contributed by atoms with Crippen LogP contribution in [0.1, 0.15) is 16.0 Å². The van der Waals surface area contributed by atoms with Gasteiger partial charge in [-0.2, -0.15) is 0 Å². The molecule has 150 valence electrons. The lowest BCUT2D eigenvalue weighted by Crippen LogP contribution is -2.32. The van der Waals surface area contributed by atoms with E-state index in [-0.39, 0.29) is 24.6 Å². The largest absolute Gasteiger partial charge is 0.483 e. The number of aromatic nitrogens is 2. The normalized spacial score (nSPS) is 14.2. The molecule has 1 aliphatic heterocycles. The third-order valence-electron chi connectivity index (χ3n) is 4.62. The van der Waals surface area contributed by atoms with Crippen LogP contribution in [0.2, 0.25) is 0 Å². The summed E-state index contributed by atoms with van der Waals surface area (Å²) in [7, 11) is 1.68. The summed E-state index contributed by atoms with van der Waals surface area (Å²) < 4.78 is 6.21. The number of carbonyl (C=O) groups is 1. The van der Waals surface area contributed by atoms with E-state index in [4.69, 9.17) is 4.74 Å². The van der Waals surface area contributed by atoms with Gasteiger partial charge in [-0.25, -0.2) is 4.98 Å². The van der Waals surface area contributed by atoms with Crippen molar-refractivity contribution in [3.8, 4) is 5.75 Å². The Bertz CT molecular complexity index is 1080. The number of carbonyl (C=O) groups excluding carboxylic acids is 1. The molecule has 2 heterocycles. The van der Waals surface area contributed by atoms with Gasteiger partial charge in [0.05, 0.1) is 22.0 Å². The second-order valence-electron chi connectivity index (χ2n) is 6.68. The lowest BCUT2D eigenvalue weighted by atomic mass is 10.2. The molecule has 0 bridgehead atoms. The first-order valence-corrected chi connectivity index (χ1v) is 11.4. The highest BCUT2D eigenvalue weighted by molar-refractivity contribution is 8.19. The van der Waals surface area contributed by atoms with Crippen LogP contribution in [0.15, 0.2) is 53.3 Å². The zero-order valence-electron chi connectivity index (χ0n) is 16.0. The second kappa shape index (κ2) is 8.92. The fourth-order valence-electron chi connectivity index (χ4n) is 3.12. The van der Waals surface area contributed by atoms with Crippen molar-refractivity contribution in [2.75, 3.05) is 25.2 Å². The van der Waals surface area contributed by atoms with Gasteiger partial charge in [0, 0.05) is 24.1 Å². The van der Waals surface area contributed by atoms with Crippen LogP contribution >= 0.6 is 23.5 Å². The molecule has 1 fully saturated rings. The molecule has 1 aromatic heterocycles. The molecule has 1 N–H and O–H groups in total. The number of nitrogens with one attached hydrogen (secondary N) is 1. The molecule has 2 aromatic carbocycles. The number of nitrogens with zero attached hydrogens (tertiary/aromatic N) is 2. The Labute approximate surface area is 177 Å². The molecule has 0 radical (unpaired) electrons. The van der Waals surface area contributed by atoms with Gasteiger partial charge < -0.3 is 14.6 Å². The number of fused-ring (bicyclic) bond motifs is 1. The quantitative estimate of drug-likeness (QED) is 0.650. The molecular weight excluding hydrogens is 406 g/mol. The third kappa shape index (κ3) is 4.59. The Balaban J connectivity index is 1.41. The number of amides is 1. The number of hydrogen-bond acceptors (Lipinski definition) is 6. The lowest BCUT2D eigenvalue weighted by molar-refractivity contribution is -0.132. The van der Waals surface area contributed by atoms with Crippen LogP contribution in [0, 0.1) is 0 Å². The van der Waals surface area contributed by atoms with Crippen molar-refractivity contribution >= 4 is 40.3 Å². The number of H-pyrrole nitrogens is 1. The predicted octanol–water partition coefficient (Wildman–Crippen LogP) is 3.44. The summed E-state index contributed by atoms with van der Waals surface area (Å²) in [5, 5.41) is 0.535. The number of para-hydroxylation sites is 2. The first kappa shape index (κ1) is 19.8. The molecule has 3 aromatic rings. The fraction of sp³-hybridized carbons (Fsp3) is 0.286. The molecule has 1 saturated heterocycles. The Kier molecular flexibility index (Phi) is 6.10. The van der Waals surface area contributed by atoms with Crippen molar-refractivity contribution in [1.29, 1.82) is 0 Å². The molecular formula is C21H21N3O3S2. The average molecular weight is 428 g/mol. The first-order valence-electron chi connectivity index (χ1n) is 9.28. The minimum absolute atomic E-state index is 0.0621. The Morgan fingerprint density at radius 2 is 1.90 bits per heavy atom. The fourth-order valence-corrected chi connectivity index (χ4v) is 6.03. The van der Waals surface area contributed by atoms with Gasteiger partial charge >= 0.3 is 0 Å². The highest BCUT2D eigenvalue weighted by Crippen LogP contribution is 2.48. The number of likely N-dealkylation sites (N-methyl/N-ethyl adjacent to an activating group) is 1. The monoisotopic (exact) mass is 427 g/mol. The molecule has 8 heteroatoms. The SMILES string of the molecule is CN(Cc1nc2ccccc2c(=O)[nH]1)C(=O)COc1ccccc1C1SCCS1. The molecule has 1 amide bonds. The van der Waals surface area contributed by atoms with Gasteiger partial charge in [0.25, 0.3) is 11.5 Å². The van der Waals surface area contributed by atoms with Crippen molar-refractivity contribution in [2.24, 2.45) is 0 Å². The highest BCUT2D eigenvalue weighted by atomic mass is 32.2. The summed E-state index contributed by atoms with van der Waals surface area (Å²) in [6.07, 6.45) is 0. The smallest absolute Gasteiger partial charge is 0.260 e. The number of rotatable bonds is 6. The molecule has 29 heavy (non-hydrogen) atoms. The third-order valence-corrected chi connectivity index (χ3v) is 7.69. The second-order valence-corrected chi connectivity index (χ2v) is 9.40. The van der Waals surface area contributed by atoms with Crippen LogP contribution in [-0.2, 0) is 11.3 Å². The predicted molar refractivity (Wildman–Crippen MR) is 118 cm³/mol. The van der Waals surface area contributed by atoms with E-state index in [0.717, 1.165) is 22.8 Å². The maximum atomic E-state index is 12.6. The molecule has 6 nitrogen and oxygen atoms in total. The van der Waals surface area contributed by atoms with Crippen LogP contribution in [0.25, 0.3) is 10.9 Å². The summed E-state index contributed by atoms with van der Waals surface area (Å²) in [5.74, 6) is 3.27. The summed E-state index contributed by atoms with van der Waals surface area (Å²) in [6, 6.07) is 15.0. The van der Waals surface area contributed by atoms with Crippen molar-refractivity contribution in [3.05, 3.63) is 70.3 Å². The maximum Gasteiger partial charge on any atom is 0.260 e. The van der Waals surface area contributed by atoms with E-state index in [9.17, 15) is 9.59 Å². The molecule has 0 aliphatic carbocycles. The van der Waals surface area contributed by atoms with Crippen LogP contribution in [0.3, 0.4) is 0 Å². The molecule has 0 saturated carbocycles. The highest BCUT2D eigenvalue weighted by Gasteiger charge is 2.22. The Hall–Kier alpha value is -2.45. The zero-order chi connectivity index (χ0) is 20.2. The van der Waals surface area contributed by atoms with E-state index < -0.39 is 0 Å². The number of benzene rings is 2.